The molecule has 0 fully saturated rings. The van der Waals surface area contributed by atoms with Crippen molar-refractivity contribution in [1.29, 1.82) is 0 Å². The van der Waals surface area contributed by atoms with Gasteiger partial charge in [-0.25, -0.2) is 13.1 Å². The molecule has 1 aromatic carbocycles. The summed E-state index contributed by atoms with van der Waals surface area (Å²) in [6.07, 6.45) is 0. The number of amides is 1. The van der Waals surface area contributed by atoms with Crippen LogP contribution in [-0.2, 0) is 14.8 Å². The molecule has 0 atom stereocenters. The number of benzene rings is 1. The van der Waals surface area contributed by atoms with Crippen LogP contribution >= 0.6 is 31.9 Å². The molecule has 5 nitrogen and oxygen atoms in total. The molecule has 0 radical (unpaired) electrons. The van der Waals surface area contributed by atoms with Gasteiger partial charge in [0, 0.05) is 15.5 Å². The van der Waals surface area contributed by atoms with Crippen LogP contribution in [0.2, 0.25) is 0 Å². The zero-order chi connectivity index (χ0) is 13.8. The molecule has 0 aliphatic heterocycles. The Hall–Kier alpha value is -0.440. The number of carbonyl (C=O) groups excluding carboxylic acids is 1. The van der Waals surface area contributed by atoms with E-state index in [9.17, 15) is 13.2 Å². The summed E-state index contributed by atoms with van der Waals surface area (Å²) in [6, 6.07) is 4.79. The summed E-state index contributed by atoms with van der Waals surface area (Å²) in [5.41, 5.74) is 0. The van der Waals surface area contributed by atoms with Crippen LogP contribution in [0.5, 0.6) is 0 Å². The fraction of sp³-hybridized carbons (Fsp3) is 0.300. The second-order valence-corrected chi connectivity index (χ2v) is 6.86. The van der Waals surface area contributed by atoms with Gasteiger partial charge in [-0.2, -0.15) is 0 Å². The third-order valence-corrected chi connectivity index (χ3v) is 4.87. The molecule has 1 rings (SSSR count). The summed E-state index contributed by atoms with van der Waals surface area (Å²) in [7, 11) is -3.71. The number of hydrogen-bond acceptors (Lipinski definition) is 3. The number of nitrogens with one attached hydrogen (secondary N) is 2. The van der Waals surface area contributed by atoms with Gasteiger partial charge < -0.3 is 5.32 Å². The van der Waals surface area contributed by atoms with Crippen molar-refractivity contribution in [3.8, 4) is 0 Å². The lowest BCUT2D eigenvalue weighted by molar-refractivity contribution is -0.119. The molecule has 0 heterocycles. The highest BCUT2D eigenvalue weighted by Gasteiger charge is 2.18. The van der Waals surface area contributed by atoms with E-state index in [1.54, 1.807) is 19.1 Å². The van der Waals surface area contributed by atoms with Gasteiger partial charge >= 0.3 is 0 Å². The van der Waals surface area contributed by atoms with Gasteiger partial charge in [0.05, 0.1) is 11.4 Å². The molecule has 0 saturated carbocycles. The number of sulfonamides is 1. The highest BCUT2D eigenvalue weighted by molar-refractivity contribution is 9.11. The van der Waals surface area contributed by atoms with Gasteiger partial charge in [-0.15, -0.1) is 0 Å². The van der Waals surface area contributed by atoms with Crippen LogP contribution in [-0.4, -0.2) is 27.4 Å². The molecule has 0 aliphatic rings. The average molecular weight is 400 g/mol. The van der Waals surface area contributed by atoms with E-state index in [2.05, 4.69) is 41.9 Å². The van der Waals surface area contributed by atoms with Crippen molar-refractivity contribution >= 4 is 47.8 Å². The Morgan fingerprint density at radius 3 is 2.61 bits per heavy atom. The van der Waals surface area contributed by atoms with E-state index >= 15 is 0 Å². The van der Waals surface area contributed by atoms with Crippen molar-refractivity contribution in [2.75, 3.05) is 13.1 Å². The topological polar surface area (TPSA) is 75.3 Å². The zero-order valence-corrected chi connectivity index (χ0v) is 13.5. The molecule has 0 spiro atoms. The standard InChI is InChI=1S/C10H12Br2N2O3S/c1-2-13-10(15)6-14-18(16,17)9-5-7(11)3-4-8(9)12/h3-5,14H,2,6H2,1H3,(H,13,15). The molecular formula is C10H12Br2N2O3S. The Kier molecular flexibility index (Phi) is 5.77. The first-order chi connectivity index (χ1) is 8.36. The van der Waals surface area contributed by atoms with Crippen LogP contribution in [0, 0.1) is 0 Å². The molecule has 0 unspecified atom stereocenters. The van der Waals surface area contributed by atoms with Crippen molar-refractivity contribution < 1.29 is 13.2 Å². The first kappa shape index (κ1) is 15.6. The predicted octanol–water partition coefficient (Wildman–Crippen LogP) is 1.63. The van der Waals surface area contributed by atoms with Crippen LogP contribution < -0.4 is 10.0 Å². The van der Waals surface area contributed by atoms with Crippen LogP contribution in [0.1, 0.15) is 6.92 Å². The van der Waals surface area contributed by atoms with Crippen LogP contribution in [0.25, 0.3) is 0 Å². The first-order valence-corrected chi connectivity index (χ1v) is 8.15. The summed E-state index contributed by atoms with van der Waals surface area (Å²) in [4.78, 5) is 11.3. The van der Waals surface area contributed by atoms with Gasteiger partial charge in [0.1, 0.15) is 0 Å². The molecular weight excluding hydrogens is 388 g/mol. The lowest BCUT2D eigenvalue weighted by Gasteiger charge is -2.08. The molecule has 0 saturated heterocycles. The van der Waals surface area contributed by atoms with Gasteiger partial charge in [0.2, 0.25) is 15.9 Å². The van der Waals surface area contributed by atoms with Crippen LogP contribution in [0.3, 0.4) is 0 Å². The first-order valence-electron chi connectivity index (χ1n) is 5.08. The van der Waals surface area contributed by atoms with Gasteiger partial charge in [-0.3, -0.25) is 4.79 Å². The van der Waals surface area contributed by atoms with E-state index in [1.165, 1.54) is 6.07 Å². The third kappa shape index (κ3) is 4.34. The van der Waals surface area contributed by atoms with Gasteiger partial charge in [-0.1, -0.05) is 15.9 Å². The molecule has 18 heavy (non-hydrogen) atoms. The van der Waals surface area contributed by atoms with Gasteiger partial charge in [0.25, 0.3) is 0 Å². The number of carbonyl (C=O) groups is 1. The second kappa shape index (κ2) is 6.65. The molecule has 1 aromatic rings. The molecule has 8 heteroatoms. The van der Waals surface area contributed by atoms with Gasteiger partial charge in [-0.05, 0) is 41.1 Å². The summed E-state index contributed by atoms with van der Waals surface area (Å²) < 4.78 is 27.3. The molecule has 100 valence electrons. The third-order valence-electron chi connectivity index (χ3n) is 1.98. The summed E-state index contributed by atoms with van der Waals surface area (Å²) in [6.45, 7) is 1.94. The SMILES string of the molecule is CCNC(=O)CNS(=O)(=O)c1cc(Br)ccc1Br. The Bertz CT molecular complexity index is 546. The van der Waals surface area contributed by atoms with Crippen molar-refractivity contribution in [1.82, 2.24) is 10.0 Å². The van der Waals surface area contributed by atoms with Crippen molar-refractivity contribution in [2.45, 2.75) is 11.8 Å². The monoisotopic (exact) mass is 398 g/mol. The van der Waals surface area contributed by atoms with E-state index in [0.717, 1.165) is 0 Å². The maximum atomic E-state index is 12.0. The quantitative estimate of drug-likeness (QED) is 0.789. The summed E-state index contributed by atoms with van der Waals surface area (Å²) in [5, 5.41) is 2.51. The summed E-state index contributed by atoms with van der Waals surface area (Å²) >= 11 is 6.36. The van der Waals surface area contributed by atoms with E-state index in [-0.39, 0.29) is 17.3 Å². The fourth-order valence-corrected chi connectivity index (χ4v) is 3.66. The maximum Gasteiger partial charge on any atom is 0.242 e. The number of hydrogen-bond donors (Lipinski definition) is 2. The highest BCUT2D eigenvalue weighted by atomic mass is 79.9. The lowest BCUT2D eigenvalue weighted by Crippen LogP contribution is -2.36. The van der Waals surface area contributed by atoms with E-state index < -0.39 is 10.0 Å². The van der Waals surface area contributed by atoms with Crippen LogP contribution in [0.15, 0.2) is 32.0 Å². The fourth-order valence-electron chi connectivity index (χ4n) is 1.18. The Morgan fingerprint density at radius 1 is 1.33 bits per heavy atom. The largest absolute Gasteiger partial charge is 0.355 e. The second-order valence-electron chi connectivity index (χ2n) is 3.35. The molecule has 2 N–H and O–H groups in total. The predicted molar refractivity (Wildman–Crippen MR) is 75.7 cm³/mol. The smallest absolute Gasteiger partial charge is 0.242 e. The number of rotatable bonds is 5. The molecule has 0 aromatic heterocycles. The molecule has 0 aliphatic carbocycles. The van der Waals surface area contributed by atoms with Crippen molar-refractivity contribution in [2.24, 2.45) is 0 Å². The Labute approximate surface area is 123 Å². The maximum absolute atomic E-state index is 12.0. The van der Waals surface area contributed by atoms with Crippen LogP contribution in [0.4, 0.5) is 0 Å². The minimum atomic E-state index is -3.71. The van der Waals surface area contributed by atoms with E-state index in [0.29, 0.717) is 15.5 Å². The molecule has 0 bridgehead atoms. The summed E-state index contributed by atoms with van der Waals surface area (Å²) in [5.74, 6) is -0.368. The van der Waals surface area contributed by atoms with Crippen molar-refractivity contribution in [3.05, 3.63) is 27.1 Å². The number of likely N-dealkylation sites (N-methyl/N-ethyl adjacent to an activating group) is 1. The van der Waals surface area contributed by atoms with E-state index in [4.69, 9.17) is 0 Å². The minimum absolute atomic E-state index is 0.0844. The normalized spacial score (nSPS) is 11.3. The minimum Gasteiger partial charge on any atom is -0.355 e. The Morgan fingerprint density at radius 2 is 2.00 bits per heavy atom. The number of halogens is 2. The van der Waals surface area contributed by atoms with Crippen molar-refractivity contribution in [3.63, 3.8) is 0 Å². The average Bonchev–Trinajstić information content (AvgIpc) is 2.30. The highest BCUT2D eigenvalue weighted by Crippen LogP contribution is 2.25. The Balaban J connectivity index is 2.87. The lowest BCUT2D eigenvalue weighted by atomic mass is 10.4. The molecule has 1 amide bonds. The zero-order valence-electron chi connectivity index (χ0n) is 9.54. The van der Waals surface area contributed by atoms with E-state index in [1.807, 2.05) is 0 Å². The van der Waals surface area contributed by atoms with Gasteiger partial charge in [0.15, 0.2) is 0 Å².